The van der Waals surface area contributed by atoms with Crippen molar-refractivity contribution in [3.63, 3.8) is 0 Å². The highest BCUT2D eigenvalue weighted by molar-refractivity contribution is 7.99. The van der Waals surface area contributed by atoms with E-state index in [0.29, 0.717) is 16.8 Å². The third-order valence-corrected chi connectivity index (χ3v) is 5.59. The minimum absolute atomic E-state index is 0.163. The Labute approximate surface area is 188 Å². The number of benzene rings is 2. The molecule has 9 heteroatoms. The predicted molar refractivity (Wildman–Crippen MR) is 124 cm³/mol. The Bertz CT molecular complexity index is 1340. The van der Waals surface area contributed by atoms with Crippen LogP contribution in [0.3, 0.4) is 0 Å². The van der Waals surface area contributed by atoms with Crippen molar-refractivity contribution in [2.24, 2.45) is 0 Å². The Morgan fingerprint density at radius 2 is 1.84 bits per heavy atom. The number of thioether (sulfide) groups is 1. The second kappa shape index (κ2) is 8.64. The summed E-state index contributed by atoms with van der Waals surface area (Å²) in [5.41, 5.74) is 3.81. The molecule has 8 nitrogen and oxygen atoms in total. The van der Waals surface area contributed by atoms with Gasteiger partial charge in [0.25, 0.3) is 5.78 Å². The summed E-state index contributed by atoms with van der Waals surface area (Å²) < 4.78 is 3.32. The average molecular weight is 442 g/mol. The Morgan fingerprint density at radius 1 is 1.03 bits per heavy atom. The maximum absolute atomic E-state index is 12.7. The van der Waals surface area contributed by atoms with Crippen LogP contribution in [0.4, 0.5) is 5.82 Å². The third-order valence-electron chi connectivity index (χ3n) is 4.75. The highest BCUT2D eigenvalue weighted by Crippen LogP contribution is 2.25. The van der Waals surface area contributed by atoms with E-state index in [2.05, 4.69) is 20.4 Å². The standard InChI is InChI=1S/C23H19N7OS/c1-16-8-10-17(11-9-16)19-14-20(30(27-19)18-6-3-2-4-7-18)25-21(31)15-32-23-26-22-24-12-5-13-29(22)28-23/h2-14H,15H2,1H3,(H,25,31). The molecule has 0 aliphatic carbocycles. The van der Waals surface area contributed by atoms with Gasteiger partial charge in [-0.25, -0.2) is 14.2 Å². The van der Waals surface area contributed by atoms with Gasteiger partial charge in [-0.05, 0) is 25.1 Å². The van der Waals surface area contributed by atoms with E-state index in [9.17, 15) is 4.79 Å². The molecular weight excluding hydrogens is 422 g/mol. The fourth-order valence-corrected chi connectivity index (χ4v) is 3.81. The van der Waals surface area contributed by atoms with E-state index in [1.165, 1.54) is 17.3 Å². The van der Waals surface area contributed by atoms with Gasteiger partial charge in [0.1, 0.15) is 5.82 Å². The fourth-order valence-electron chi connectivity index (χ4n) is 3.19. The van der Waals surface area contributed by atoms with Crippen molar-refractivity contribution in [2.45, 2.75) is 12.1 Å². The number of aromatic nitrogens is 6. The lowest BCUT2D eigenvalue weighted by Crippen LogP contribution is -2.17. The van der Waals surface area contributed by atoms with Crippen LogP contribution in [-0.4, -0.2) is 41.0 Å². The predicted octanol–water partition coefficient (Wildman–Crippen LogP) is 4.02. The number of amides is 1. The minimum Gasteiger partial charge on any atom is -0.310 e. The van der Waals surface area contributed by atoms with Crippen molar-refractivity contribution in [2.75, 3.05) is 11.1 Å². The largest absolute Gasteiger partial charge is 0.310 e. The quantitative estimate of drug-likeness (QED) is 0.400. The van der Waals surface area contributed by atoms with Crippen molar-refractivity contribution in [3.8, 4) is 16.9 Å². The molecule has 0 saturated heterocycles. The first-order valence-electron chi connectivity index (χ1n) is 9.98. The molecule has 0 unspecified atom stereocenters. The first-order valence-corrected chi connectivity index (χ1v) is 11.0. The maximum Gasteiger partial charge on any atom is 0.253 e. The number of hydrogen-bond acceptors (Lipinski definition) is 6. The average Bonchev–Trinajstić information content (AvgIpc) is 3.43. The first-order chi connectivity index (χ1) is 15.7. The summed E-state index contributed by atoms with van der Waals surface area (Å²) in [5.74, 6) is 1.09. The lowest BCUT2D eigenvalue weighted by atomic mass is 10.1. The highest BCUT2D eigenvalue weighted by atomic mass is 32.2. The summed E-state index contributed by atoms with van der Waals surface area (Å²) in [6.45, 7) is 2.05. The molecule has 0 bridgehead atoms. The fraction of sp³-hybridized carbons (Fsp3) is 0.0870. The van der Waals surface area contributed by atoms with E-state index >= 15 is 0 Å². The van der Waals surface area contributed by atoms with E-state index in [1.54, 1.807) is 27.7 Å². The first kappa shape index (κ1) is 20.0. The number of nitrogens with zero attached hydrogens (tertiary/aromatic N) is 6. The monoisotopic (exact) mass is 441 g/mol. The second-order valence-corrected chi connectivity index (χ2v) is 8.07. The molecule has 0 radical (unpaired) electrons. The number of carbonyl (C=O) groups is 1. The van der Waals surface area contributed by atoms with Gasteiger partial charge in [-0.1, -0.05) is 59.8 Å². The number of carbonyl (C=O) groups excluding carboxylic acids is 1. The number of anilines is 1. The van der Waals surface area contributed by atoms with Crippen molar-refractivity contribution in [1.29, 1.82) is 0 Å². The molecule has 5 aromatic rings. The van der Waals surface area contributed by atoms with Crippen molar-refractivity contribution in [3.05, 3.63) is 84.7 Å². The van der Waals surface area contributed by atoms with Crippen LogP contribution < -0.4 is 5.32 Å². The van der Waals surface area contributed by atoms with Crippen molar-refractivity contribution in [1.82, 2.24) is 29.4 Å². The normalized spacial score (nSPS) is 11.0. The molecule has 3 aromatic heterocycles. The van der Waals surface area contributed by atoms with Crippen LogP contribution in [0.5, 0.6) is 0 Å². The molecule has 1 amide bonds. The summed E-state index contributed by atoms with van der Waals surface area (Å²) in [6, 6.07) is 21.5. The third kappa shape index (κ3) is 4.23. The number of aryl methyl sites for hydroxylation is 1. The molecule has 0 aliphatic heterocycles. The number of rotatable bonds is 6. The molecule has 158 valence electrons. The number of nitrogens with one attached hydrogen (secondary N) is 1. The Balaban J connectivity index is 1.37. The molecule has 5 rings (SSSR count). The minimum atomic E-state index is -0.172. The van der Waals surface area contributed by atoms with E-state index in [1.807, 2.05) is 67.6 Å². The summed E-state index contributed by atoms with van der Waals surface area (Å²) in [4.78, 5) is 21.2. The van der Waals surface area contributed by atoms with Crippen molar-refractivity contribution >= 4 is 29.3 Å². The Kier molecular flexibility index (Phi) is 5.39. The SMILES string of the molecule is Cc1ccc(-c2cc(NC(=O)CSc3nc4ncccn4n3)n(-c3ccccc3)n2)cc1. The molecule has 2 aromatic carbocycles. The van der Waals surface area contributed by atoms with Gasteiger partial charge in [-0.15, -0.1) is 5.10 Å². The van der Waals surface area contributed by atoms with Gasteiger partial charge in [0.2, 0.25) is 11.1 Å². The molecule has 0 fully saturated rings. The van der Waals surface area contributed by atoms with E-state index in [0.717, 1.165) is 16.9 Å². The van der Waals surface area contributed by atoms with Crippen LogP contribution >= 0.6 is 11.8 Å². The van der Waals surface area contributed by atoms with Gasteiger partial charge in [0.15, 0.2) is 0 Å². The Morgan fingerprint density at radius 3 is 2.62 bits per heavy atom. The van der Waals surface area contributed by atoms with Crippen LogP contribution in [0.2, 0.25) is 0 Å². The smallest absolute Gasteiger partial charge is 0.253 e. The lowest BCUT2D eigenvalue weighted by molar-refractivity contribution is -0.113. The molecular formula is C23H19N7OS. The second-order valence-electron chi connectivity index (χ2n) is 7.12. The summed E-state index contributed by atoms with van der Waals surface area (Å²) >= 11 is 1.26. The number of para-hydroxylation sites is 1. The molecule has 32 heavy (non-hydrogen) atoms. The van der Waals surface area contributed by atoms with Gasteiger partial charge < -0.3 is 5.32 Å². The molecule has 0 spiro atoms. The molecule has 0 aliphatic rings. The van der Waals surface area contributed by atoms with Crippen LogP contribution in [0.15, 0.2) is 84.3 Å². The van der Waals surface area contributed by atoms with Crippen LogP contribution in [0.1, 0.15) is 5.56 Å². The highest BCUT2D eigenvalue weighted by Gasteiger charge is 2.15. The van der Waals surface area contributed by atoms with E-state index < -0.39 is 0 Å². The zero-order valence-electron chi connectivity index (χ0n) is 17.2. The zero-order chi connectivity index (χ0) is 21.9. The molecule has 1 N–H and O–H groups in total. The summed E-state index contributed by atoms with van der Waals surface area (Å²) in [6.07, 6.45) is 3.42. The van der Waals surface area contributed by atoms with E-state index in [-0.39, 0.29) is 11.7 Å². The Hall–Kier alpha value is -3.98. The van der Waals surface area contributed by atoms with Crippen LogP contribution in [0.25, 0.3) is 22.7 Å². The van der Waals surface area contributed by atoms with Gasteiger partial charge in [0, 0.05) is 24.0 Å². The molecule has 0 saturated carbocycles. The summed E-state index contributed by atoms with van der Waals surface area (Å²) in [5, 5.41) is 12.5. The topological polar surface area (TPSA) is 90.0 Å². The zero-order valence-corrected chi connectivity index (χ0v) is 18.0. The van der Waals surface area contributed by atoms with Crippen LogP contribution in [-0.2, 0) is 4.79 Å². The maximum atomic E-state index is 12.7. The van der Waals surface area contributed by atoms with Gasteiger partial charge in [-0.2, -0.15) is 10.1 Å². The van der Waals surface area contributed by atoms with Gasteiger partial charge in [0.05, 0.1) is 17.1 Å². The van der Waals surface area contributed by atoms with Crippen molar-refractivity contribution < 1.29 is 4.79 Å². The van der Waals surface area contributed by atoms with Crippen LogP contribution in [0, 0.1) is 6.92 Å². The lowest BCUT2D eigenvalue weighted by Gasteiger charge is -2.08. The molecule has 0 atom stereocenters. The van der Waals surface area contributed by atoms with Gasteiger partial charge in [-0.3, -0.25) is 4.79 Å². The molecule has 3 heterocycles. The number of hydrogen-bond donors (Lipinski definition) is 1. The number of fused-ring (bicyclic) bond motifs is 1. The summed E-state index contributed by atoms with van der Waals surface area (Å²) in [7, 11) is 0. The van der Waals surface area contributed by atoms with Gasteiger partial charge >= 0.3 is 0 Å². The van der Waals surface area contributed by atoms with E-state index in [4.69, 9.17) is 5.10 Å².